The molecule has 0 amide bonds. The zero-order valence-corrected chi connectivity index (χ0v) is 14.5. The van der Waals surface area contributed by atoms with E-state index in [4.69, 9.17) is 9.52 Å². The van der Waals surface area contributed by atoms with Gasteiger partial charge in [0, 0.05) is 43.1 Å². The summed E-state index contributed by atoms with van der Waals surface area (Å²) in [6.45, 7) is 1.22. The van der Waals surface area contributed by atoms with E-state index < -0.39 is 15.5 Å². The summed E-state index contributed by atoms with van der Waals surface area (Å²) < 4.78 is 41.0. The lowest BCUT2D eigenvalue weighted by Gasteiger charge is -2.10. The highest BCUT2D eigenvalue weighted by Crippen LogP contribution is 2.21. The highest BCUT2D eigenvalue weighted by atomic mass is 79.9. The van der Waals surface area contributed by atoms with Gasteiger partial charge in [-0.1, -0.05) is 0 Å². The maximum absolute atomic E-state index is 13.2. The van der Waals surface area contributed by atoms with Crippen molar-refractivity contribution in [2.75, 3.05) is 19.5 Å². The number of nitrogens with one attached hydrogen (secondary N) is 1. The molecular formula is C14H17BrFN3O2S. The summed E-state index contributed by atoms with van der Waals surface area (Å²) in [6.07, 6.45) is 3.91. The average Bonchev–Trinajstić information content (AvgIpc) is 2.93. The second-order valence-electron chi connectivity index (χ2n) is 4.73. The minimum atomic E-state index is -2.99. The molecule has 0 saturated carbocycles. The molecule has 5 nitrogen and oxygen atoms in total. The lowest BCUT2D eigenvalue weighted by Crippen LogP contribution is -2.13. The number of benzene rings is 1. The van der Waals surface area contributed by atoms with Crippen LogP contribution >= 0.6 is 15.9 Å². The molecule has 1 atom stereocenters. The van der Waals surface area contributed by atoms with Gasteiger partial charge in [-0.25, -0.2) is 18.4 Å². The van der Waals surface area contributed by atoms with E-state index in [1.54, 1.807) is 13.3 Å². The molecular weight excluding hydrogens is 373 g/mol. The molecule has 0 radical (unpaired) electrons. The van der Waals surface area contributed by atoms with Crippen LogP contribution in [-0.2, 0) is 27.4 Å². The van der Waals surface area contributed by atoms with Gasteiger partial charge < -0.3 is 9.30 Å². The van der Waals surface area contributed by atoms with E-state index >= 15 is 0 Å². The highest BCUT2D eigenvalue weighted by Gasteiger charge is 2.14. The number of hydrogen-bond donors (Lipinski definition) is 1. The van der Waals surface area contributed by atoms with Crippen molar-refractivity contribution in [3.8, 4) is 0 Å². The number of imidazole rings is 1. The second kappa shape index (κ2) is 7.34. The molecule has 1 unspecified atom stereocenters. The Bertz CT molecular complexity index is 746. The number of methoxy groups -OCH3 is 1. The monoisotopic (exact) mass is 389 g/mol. The number of ether oxygens (including phenoxy) is 1. The normalized spacial score (nSPS) is 14.0. The van der Waals surface area contributed by atoms with Gasteiger partial charge in [0.2, 0.25) is 0 Å². The number of aryl methyl sites for hydroxylation is 1. The molecule has 2 aromatic rings. The van der Waals surface area contributed by atoms with Crippen molar-refractivity contribution in [1.29, 1.82) is 4.78 Å². The zero-order valence-electron chi connectivity index (χ0n) is 12.1. The minimum Gasteiger partial charge on any atom is -0.383 e. The second-order valence-corrected chi connectivity index (χ2v) is 7.82. The van der Waals surface area contributed by atoms with Crippen molar-refractivity contribution in [3.05, 3.63) is 46.7 Å². The van der Waals surface area contributed by atoms with Crippen LogP contribution in [0.2, 0.25) is 0 Å². The van der Waals surface area contributed by atoms with E-state index in [1.807, 2.05) is 10.8 Å². The van der Waals surface area contributed by atoms with Crippen molar-refractivity contribution in [1.82, 2.24) is 9.55 Å². The highest BCUT2D eigenvalue weighted by molar-refractivity contribution is 9.10. The van der Waals surface area contributed by atoms with Crippen LogP contribution in [0.4, 0.5) is 4.39 Å². The van der Waals surface area contributed by atoms with Crippen LogP contribution in [0.5, 0.6) is 0 Å². The first kappa shape index (κ1) is 17.1. The van der Waals surface area contributed by atoms with Crippen LogP contribution < -0.4 is 0 Å². The van der Waals surface area contributed by atoms with Gasteiger partial charge in [-0.3, -0.25) is 0 Å². The molecule has 0 aliphatic rings. The van der Waals surface area contributed by atoms with E-state index in [0.29, 0.717) is 24.5 Å². The fourth-order valence-electron chi connectivity index (χ4n) is 2.00. The van der Waals surface area contributed by atoms with Crippen molar-refractivity contribution in [2.45, 2.75) is 17.9 Å². The molecule has 0 spiro atoms. The Kier molecular flexibility index (Phi) is 5.71. The summed E-state index contributed by atoms with van der Waals surface area (Å²) in [5, 5.41) is 0. The maximum atomic E-state index is 13.2. The first-order valence-corrected chi connectivity index (χ1v) is 9.16. The molecule has 120 valence electrons. The van der Waals surface area contributed by atoms with Crippen LogP contribution in [0.1, 0.15) is 5.82 Å². The van der Waals surface area contributed by atoms with Gasteiger partial charge in [0.15, 0.2) is 0 Å². The van der Waals surface area contributed by atoms with Gasteiger partial charge in [-0.15, -0.1) is 0 Å². The summed E-state index contributed by atoms with van der Waals surface area (Å²) in [6, 6.07) is 4.02. The predicted molar refractivity (Wildman–Crippen MR) is 85.9 cm³/mol. The van der Waals surface area contributed by atoms with Gasteiger partial charge >= 0.3 is 0 Å². The van der Waals surface area contributed by atoms with Gasteiger partial charge in [0.25, 0.3) is 0 Å². The largest absolute Gasteiger partial charge is 0.383 e. The Labute approximate surface area is 137 Å². The fraction of sp³-hybridized carbons (Fsp3) is 0.357. The molecule has 1 aromatic carbocycles. The number of hydrogen-bond acceptors (Lipinski definition) is 4. The van der Waals surface area contributed by atoms with Crippen molar-refractivity contribution >= 4 is 25.7 Å². The number of aromatic nitrogens is 2. The molecule has 1 heterocycles. The quantitative estimate of drug-likeness (QED) is 0.790. The maximum Gasteiger partial charge on any atom is 0.137 e. The number of halogens is 2. The lowest BCUT2D eigenvalue weighted by atomic mass is 10.3. The topological polar surface area (TPSA) is 68.0 Å². The van der Waals surface area contributed by atoms with E-state index in [0.717, 1.165) is 5.82 Å². The van der Waals surface area contributed by atoms with E-state index in [2.05, 4.69) is 20.9 Å². The van der Waals surface area contributed by atoms with Gasteiger partial charge in [-0.2, -0.15) is 0 Å². The van der Waals surface area contributed by atoms with Crippen molar-refractivity contribution in [2.24, 2.45) is 0 Å². The summed E-state index contributed by atoms with van der Waals surface area (Å²) in [5.74, 6) is 0.460. The van der Waals surface area contributed by atoms with Gasteiger partial charge in [0.1, 0.15) is 11.6 Å². The standard InChI is InChI=1S/C14H17BrFN3O2S/c1-21-8-7-19-6-5-18-14(19)4-9-22(17,20)11-2-3-13(16)12(15)10-11/h2-3,5-6,10,17H,4,7-9H2,1H3. The summed E-state index contributed by atoms with van der Waals surface area (Å²) in [4.78, 5) is 4.54. The van der Waals surface area contributed by atoms with Crippen LogP contribution in [0.25, 0.3) is 0 Å². The number of nitrogens with zero attached hydrogens (tertiary/aromatic N) is 2. The minimum absolute atomic E-state index is 0.134. The average molecular weight is 390 g/mol. The van der Waals surface area contributed by atoms with E-state index in [-0.39, 0.29) is 10.2 Å². The Morgan fingerprint density at radius 2 is 2.27 bits per heavy atom. The van der Waals surface area contributed by atoms with Gasteiger partial charge in [0.05, 0.1) is 20.8 Å². The molecule has 0 fully saturated rings. The van der Waals surface area contributed by atoms with Crippen LogP contribution in [0.15, 0.2) is 40.0 Å². The molecule has 0 aliphatic carbocycles. The smallest absolute Gasteiger partial charge is 0.137 e. The van der Waals surface area contributed by atoms with Crippen molar-refractivity contribution < 1.29 is 13.3 Å². The Hall–Kier alpha value is -1.25. The Morgan fingerprint density at radius 3 is 2.95 bits per heavy atom. The van der Waals surface area contributed by atoms with E-state index in [9.17, 15) is 8.60 Å². The third-order valence-electron chi connectivity index (χ3n) is 3.22. The molecule has 1 N–H and O–H groups in total. The summed E-state index contributed by atoms with van der Waals surface area (Å²) >= 11 is 3.05. The third-order valence-corrected chi connectivity index (χ3v) is 5.63. The molecule has 1 aromatic heterocycles. The first-order valence-electron chi connectivity index (χ1n) is 6.64. The fourth-order valence-corrected chi connectivity index (χ4v) is 3.83. The van der Waals surface area contributed by atoms with Crippen molar-refractivity contribution in [3.63, 3.8) is 0 Å². The molecule has 22 heavy (non-hydrogen) atoms. The van der Waals surface area contributed by atoms with Crippen LogP contribution in [0, 0.1) is 10.6 Å². The SMILES string of the molecule is COCCn1ccnc1CCS(=N)(=O)c1ccc(F)c(Br)c1. The zero-order chi connectivity index (χ0) is 16.2. The molecule has 0 saturated heterocycles. The number of rotatable bonds is 7. The van der Waals surface area contributed by atoms with Gasteiger partial charge in [-0.05, 0) is 34.1 Å². The Morgan fingerprint density at radius 1 is 1.50 bits per heavy atom. The lowest BCUT2D eigenvalue weighted by molar-refractivity contribution is 0.186. The summed E-state index contributed by atoms with van der Waals surface area (Å²) in [5.41, 5.74) is 0. The molecule has 8 heteroatoms. The Balaban J connectivity index is 2.09. The summed E-state index contributed by atoms with van der Waals surface area (Å²) in [7, 11) is -1.37. The molecule has 0 bridgehead atoms. The van der Waals surface area contributed by atoms with Crippen LogP contribution in [-0.4, -0.2) is 33.2 Å². The first-order chi connectivity index (χ1) is 10.4. The van der Waals surface area contributed by atoms with Crippen LogP contribution in [0.3, 0.4) is 0 Å². The third kappa shape index (κ3) is 4.15. The predicted octanol–water partition coefficient (Wildman–Crippen LogP) is 3.08. The molecule has 0 aliphatic heterocycles. The van der Waals surface area contributed by atoms with E-state index in [1.165, 1.54) is 18.2 Å². The molecule has 2 rings (SSSR count).